The Labute approximate surface area is 67.5 Å². The molecule has 1 heterocycles. The zero-order valence-corrected chi connectivity index (χ0v) is 7.26. The lowest BCUT2D eigenvalue weighted by molar-refractivity contribution is 0.809. The number of hydrogen-bond acceptors (Lipinski definition) is 2. The highest BCUT2D eigenvalue weighted by Gasteiger charge is 2.00. The van der Waals surface area contributed by atoms with E-state index in [2.05, 4.69) is 4.98 Å². The van der Waals surface area contributed by atoms with Crippen molar-refractivity contribution in [2.45, 2.75) is 26.8 Å². The summed E-state index contributed by atoms with van der Waals surface area (Å²) in [6.45, 7) is 5.95. The number of pyridine rings is 1. The Kier molecular flexibility index (Phi) is 2.25. The van der Waals surface area contributed by atoms with E-state index in [1.165, 1.54) is 0 Å². The van der Waals surface area contributed by atoms with Gasteiger partial charge < -0.3 is 5.73 Å². The van der Waals surface area contributed by atoms with E-state index in [9.17, 15) is 0 Å². The van der Waals surface area contributed by atoms with E-state index in [0.29, 0.717) is 0 Å². The Morgan fingerprint density at radius 2 is 1.73 bits per heavy atom. The van der Waals surface area contributed by atoms with Gasteiger partial charge in [-0.2, -0.15) is 0 Å². The summed E-state index contributed by atoms with van der Waals surface area (Å²) in [5, 5.41) is 0. The fraction of sp³-hybridized carbons (Fsp3) is 0.444. The minimum atomic E-state index is 0.107. The minimum absolute atomic E-state index is 0.107. The first kappa shape index (κ1) is 8.21. The van der Waals surface area contributed by atoms with Gasteiger partial charge in [0, 0.05) is 17.4 Å². The van der Waals surface area contributed by atoms with Crippen LogP contribution in [0.4, 0.5) is 0 Å². The zero-order chi connectivity index (χ0) is 8.43. The van der Waals surface area contributed by atoms with Crippen molar-refractivity contribution < 1.29 is 0 Å². The molecule has 1 unspecified atom stereocenters. The second-order valence-electron chi connectivity index (χ2n) is 2.97. The summed E-state index contributed by atoms with van der Waals surface area (Å²) < 4.78 is 0. The van der Waals surface area contributed by atoms with Crippen LogP contribution in [0.25, 0.3) is 0 Å². The van der Waals surface area contributed by atoms with Crippen molar-refractivity contribution in [1.29, 1.82) is 0 Å². The molecule has 0 amide bonds. The number of nitrogens with two attached hydrogens (primary N) is 1. The van der Waals surface area contributed by atoms with Crippen LogP contribution in [0.15, 0.2) is 12.1 Å². The molecule has 1 rings (SSSR count). The SMILES string of the molecule is Cc1cc(C(C)N)cc(C)n1. The van der Waals surface area contributed by atoms with Crippen LogP contribution in [0, 0.1) is 13.8 Å². The van der Waals surface area contributed by atoms with Crippen LogP contribution in [-0.2, 0) is 0 Å². The molecule has 1 aromatic heterocycles. The van der Waals surface area contributed by atoms with Crippen molar-refractivity contribution >= 4 is 0 Å². The fourth-order valence-corrected chi connectivity index (χ4v) is 1.13. The third-order valence-electron chi connectivity index (χ3n) is 1.63. The van der Waals surface area contributed by atoms with Crippen molar-refractivity contribution in [1.82, 2.24) is 4.98 Å². The normalized spacial score (nSPS) is 13.1. The molecule has 2 nitrogen and oxygen atoms in total. The Balaban J connectivity index is 3.08. The summed E-state index contributed by atoms with van der Waals surface area (Å²) in [5.41, 5.74) is 8.96. The van der Waals surface area contributed by atoms with E-state index in [0.717, 1.165) is 17.0 Å². The van der Waals surface area contributed by atoms with Crippen LogP contribution in [-0.4, -0.2) is 4.98 Å². The van der Waals surface area contributed by atoms with Crippen LogP contribution in [0.5, 0.6) is 0 Å². The van der Waals surface area contributed by atoms with E-state index < -0.39 is 0 Å². The average molecular weight is 150 g/mol. The molecule has 0 saturated heterocycles. The quantitative estimate of drug-likeness (QED) is 0.662. The van der Waals surface area contributed by atoms with E-state index in [1.54, 1.807) is 0 Å². The van der Waals surface area contributed by atoms with Gasteiger partial charge in [-0.25, -0.2) is 0 Å². The molecule has 0 aromatic carbocycles. The first-order valence-corrected chi connectivity index (χ1v) is 3.80. The first-order valence-electron chi connectivity index (χ1n) is 3.80. The molecule has 2 heteroatoms. The number of aromatic nitrogens is 1. The molecule has 0 saturated carbocycles. The predicted molar refractivity (Wildman–Crippen MR) is 46.3 cm³/mol. The van der Waals surface area contributed by atoms with Crippen molar-refractivity contribution in [2.75, 3.05) is 0 Å². The molecule has 1 atom stereocenters. The molecule has 1 aromatic rings. The molecule has 0 aliphatic heterocycles. The predicted octanol–water partition coefficient (Wildman–Crippen LogP) is 1.72. The van der Waals surface area contributed by atoms with Gasteiger partial charge >= 0.3 is 0 Å². The monoisotopic (exact) mass is 150 g/mol. The highest BCUT2D eigenvalue weighted by atomic mass is 14.7. The van der Waals surface area contributed by atoms with Crippen molar-refractivity contribution in [2.24, 2.45) is 5.73 Å². The molecule has 2 N–H and O–H groups in total. The summed E-state index contributed by atoms with van der Waals surface area (Å²) in [5.74, 6) is 0. The van der Waals surface area contributed by atoms with Gasteiger partial charge in [0.25, 0.3) is 0 Å². The fourth-order valence-electron chi connectivity index (χ4n) is 1.13. The number of nitrogens with zero attached hydrogens (tertiary/aromatic N) is 1. The molecule has 0 fully saturated rings. The highest BCUT2D eigenvalue weighted by Crippen LogP contribution is 2.11. The lowest BCUT2D eigenvalue weighted by atomic mass is 10.1. The summed E-state index contributed by atoms with van der Waals surface area (Å²) in [6.07, 6.45) is 0. The molecular formula is C9H14N2. The van der Waals surface area contributed by atoms with Gasteiger partial charge in [0.05, 0.1) is 0 Å². The van der Waals surface area contributed by atoms with E-state index in [4.69, 9.17) is 5.73 Å². The molecule has 0 aliphatic carbocycles. The van der Waals surface area contributed by atoms with Gasteiger partial charge in [0.15, 0.2) is 0 Å². The second kappa shape index (κ2) is 3.01. The molecule has 0 radical (unpaired) electrons. The third kappa shape index (κ3) is 2.02. The summed E-state index contributed by atoms with van der Waals surface area (Å²) in [7, 11) is 0. The van der Waals surface area contributed by atoms with Crippen molar-refractivity contribution in [3.05, 3.63) is 29.1 Å². The van der Waals surface area contributed by atoms with Crippen LogP contribution >= 0.6 is 0 Å². The van der Waals surface area contributed by atoms with E-state index >= 15 is 0 Å². The Morgan fingerprint density at radius 1 is 1.27 bits per heavy atom. The van der Waals surface area contributed by atoms with Gasteiger partial charge in [0.1, 0.15) is 0 Å². The molecule has 0 aliphatic rings. The largest absolute Gasteiger partial charge is 0.324 e. The Hall–Kier alpha value is -0.890. The van der Waals surface area contributed by atoms with Crippen molar-refractivity contribution in [3.63, 3.8) is 0 Å². The average Bonchev–Trinajstić information content (AvgIpc) is 1.85. The van der Waals surface area contributed by atoms with Gasteiger partial charge in [-0.3, -0.25) is 4.98 Å². The second-order valence-corrected chi connectivity index (χ2v) is 2.97. The Bertz CT molecular complexity index is 233. The van der Waals surface area contributed by atoms with E-state index in [-0.39, 0.29) is 6.04 Å². The summed E-state index contributed by atoms with van der Waals surface area (Å²) >= 11 is 0. The van der Waals surface area contributed by atoms with Gasteiger partial charge in [-0.1, -0.05) is 0 Å². The topological polar surface area (TPSA) is 38.9 Å². The number of hydrogen-bond donors (Lipinski definition) is 1. The summed E-state index contributed by atoms with van der Waals surface area (Å²) in [4.78, 5) is 4.26. The standard InChI is InChI=1S/C9H14N2/c1-6-4-9(8(3)10)5-7(2)11-6/h4-5,8H,10H2,1-3H3. The molecule has 60 valence electrons. The zero-order valence-electron chi connectivity index (χ0n) is 7.26. The highest BCUT2D eigenvalue weighted by molar-refractivity contribution is 5.22. The Morgan fingerprint density at radius 3 is 2.09 bits per heavy atom. The van der Waals surface area contributed by atoms with Crippen LogP contribution in [0.2, 0.25) is 0 Å². The lowest BCUT2D eigenvalue weighted by Crippen LogP contribution is -2.06. The first-order chi connectivity index (χ1) is 5.09. The minimum Gasteiger partial charge on any atom is -0.324 e. The van der Waals surface area contributed by atoms with Gasteiger partial charge in [-0.05, 0) is 38.5 Å². The van der Waals surface area contributed by atoms with Crippen LogP contribution in [0.1, 0.15) is 29.9 Å². The van der Waals surface area contributed by atoms with Crippen molar-refractivity contribution in [3.8, 4) is 0 Å². The van der Waals surface area contributed by atoms with Crippen LogP contribution < -0.4 is 5.73 Å². The molecule has 0 spiro atoms. The van der Waals surface area contributed by atoms with Gasteiger partial charge in [-0.15, -0.1) is 0 Å². The maximum atomic E-state index is 5.72. The van der Waals surface area contributed by atoms with E-state index in [1.807, 2.05) is 32.9 Å². The molecular weight excluding hydrogens is 136 g/mol. The third-order valence-corrected chi connectivity index (χ3v) is 1.63. The lowest BCUT2D eigenvalue weighted by Gasteiger charge is -2.06. The number of rotatable bonds is 1. The van der Waals surface area contributed by atoms with Crippen LogP contribution in [0.3, 0.4) is 0 Å². The van der Waals surface area contributed by atoms with Gasteiger partial charge in [0.2, 0.25) is 0 Å². The summed E-state index contributed by atoms with van der Waals surface area (Å²) in [6, 6.07) is 4.16. The molecule has 0 bridgehead atoms. The molecule has 11 heavy (non-hydrogen) atoms. The maximum Gasteiger partial charge on any atom is 0.0379 e. The maximum absolute atomic E-state index is 5.72. The smallest absolute Gasteiger partial charge is 0.0379 e. The number of aryl methyl sites for hydroxylation is 2.